The van der Waals surface area contributed by atoms with Gasteiger partial charge in [-0.2, -0.15) is 0 Å². The van der Waals surface area contributed by atoms with Crippen molar-refractivity contribution < 1.29 is 16.4 Å². The first-order valence-corrected chi connectivity index (χ1v) is 0. The molecule has 4 heteroatoms. The fourth-order valence-corrected chi connectivity index (χ4v) is 0. The van der Waals surface area contributed by atoms with Crippen LogP contribution in [-0.4, -0.2) is 54.2 Å². The topological polar surface area (TPSA) is 94.5 Å². The first-order valence-electron chi connectivity index (χ1n) is 0. The van der Waals surface area contributed by atoms with Gasteiger partial charge in [-0.15, -0.1) is 0 Å². The summed E-state index contributed by atoms with van der Waals surface area (Å²) in [5.41, 5.74) is 0. The summed E-state index contributed by atoms with van der Waals surface area (Å²) in [7, 11) is 0. The van der Waals surface area contributed by atoms with Gasteiger partial charge in [0.05, 0.1) is 0 Å². The van der Waals surface area contributed by atoms with Crippen molar-refractivity contribution in [3.05, 3.63) is 0 Å². The molecule has 0 rings (SSSR count). The molecular weight excluding hydrogens is 88.1 g/mol. The van der Waals surface area contributed by atoms with Gasteiger partial charge in [0.25, 0.3) is 0 Å². The van der Waals surface area contributed by atoms with Crippen molar-refractivity contribution in [3.63, 3.8) is 0 Å². The zero-order valence-corrected chi connectivity index (χ0v) is 4.42. The average molecular weight is 94.1 g/mol. The van der Waals surface area contributed by atoms with Crippen LogP contribution in [0.1, 0.15) is 0 Å². The van der Waals surface area contributed by atoms with Gasteiger partial charge in [0.1, 0.15) is 0 Å². The second-order valence-corrected chi connectivity index (χ2v) is 0. The summed E-state index contributed by atoms with van der Waals surface area (Å²) in [6.45, 7) is 0. The van der Waals surface area contributed by atoms with Gasteiger partial charge >= 0.3 is 0 Å². The monoisotopic (exact) mass is 94.0 g/mol. The van der Waals surface area contributed by atoms with Crippen LogP contribution < -0.4 is 0 Å². The molecule has 3 nitrogen and oxygen atoms in total. The summed E-state index contributed by atoms with van der Waals surface area (Å²) in [5, 5.41) is 0. The van der Waals surface area contributed by atoms with Crippen LogP contribution in [0.4, 0.5) is 0 Å². The standard InChI is InChI=1S/Ca.3H2O/h;3*1H2. The first-order chi connectivity index (χ1) is 0. The van der Waals surface area contributed by atoms with Gasteiger partial charge in [-0.3, -0.25) is 0 Å². The van der Waals surface area contributed by atoms with Crippen LogP contribution in [0.25, 0.3) is 0 Å². The van der Waals surface area contributed by atoms with E-state index in [-0.39, 0.29) is 54.2 Å². The Morgan fingerprint density at radius 2 is 0.500 bits per heavy atom. The first kappa shape index (κ1) is 67.8. The zero-order valence-electron chi connectivity index (χ0n) is 2.21. The molecule has 26 valence electrons. The van der Waals surface area contributed by atoms with Crippen LogP contribution in [0, 0.1) is 0 Å². The molecule has 0 heterocycles. The molecule has 2 radical (unpaired) electrons. The van der Waals surface area contributed by atoms with Gasteiger partial charge in [0, 0.05) is 37.7 Å². The Labute approximate surface area is 53.9 Å². The predicted molar refractivity (Wildman–Crippen MR) is 16.6 cm³/mol. The van der Waals surface area contributed by atoms with E-state index in [4.69, 9.17) is 0 Å². The van der Waals surface area contributed by atoms with Crippen LogP contribution in [0.15, 0.2) is 0 Å². The molecule has 0 aromatic carbocycles. The Hall–Kier alpha value is 1.14. The molecule has 4 heavy (non-hydrogen) atoms. The van der Waals surface area contributed by atoms with Gasteiger partial charge in [-0.1, -0.05) is 0 Å². The Balaban J connectivity index is 0. The quantitative estimate of drug-likeness (QED) is 0.289. The van der Waals surface area contributed by atoms with E-state index in [1.54, 1.807) is 0 Å². The van der Waals surface area contributed by atoms with Gasteiger partial charge in [-0.05, 0) is 0 Å². The van der Waals surface area contributed by atoms with Crippen LogP contribution in [0.3, 0.4) is 0 Å². The minimum atomic E-state index is 0. The van der Waals surface area contributed by atoms with Gasteiger partial charge in [-0.25, -0.2) is 0 Å². The van der Waals surface area contributed by atoms with Crippen molar-refractivity contribution in [2.45, 2.75) is 0 Å². The maximum Gasteiger partial charge on any atom is 0 e. The molecule has 0 saturated heterocycles. The second-order valence-electron chi connectivity index (χ2n) is 0. The van der Waals surface area contributed by atoms with Crippen LogP contribution in [-0.2, 0) is 0 Å². The van der Waals surface area contributed by atoms with Crippen LogP contribution >= 0.6 is 0 Å². The number of hydrogen-bond acceptors (Lipinski definition) is 0. The van der Waals surface area contributed by atoms with Gasteiger partial charge < -0.3 is 16.4 Å². The molecule has 0 aliphatic carbocycles. The fourth-order valence-electron chi connectivity index (χ4n) is 0. The second kappa shape index (κ2) is 31.4. The summed E-state index contributed by atoms with van der Waals surface area (Å²) in [6, 6.07) is 0. The molecule has 0 bridgehead atoms. The molecule has 0 amide bonds. The van der Waals surface area contributed by atoms with Crippen molar-refractivity contribution in [2.24, 2.45) is 0 Å². The normalized spacial score (nSPS) is 0. The Bertz CT molecular complexity index is 3.25. The molecule has 0 aliphatic rings. The third kappa shape index (κ3) is 11.1. The minimum absolute atomic E-state index is 0. The van der Waals surface area contributed by atoms with E-state index >= 15 is 0 Å². The summed E-state index contributed by atoms with van der Waals surface area (Å²) in [5.74, 6) is 0. The van der Waals surface area contributed by atoms with E-state index in [0.717, 1.165) is 0 Å². The predicted octanol–water partition coefficient (Wildman–Crippen LogP) is -2.85. The van der Waals surface area contributed by atoms with Crippen molar-refractivity contribution >= 4 is 37.7 Å². The molecule has 0 saturated carbocycles. The molecule has 6 N–H and O–H groups in total. The van der Waals surface area contributed by atoms with Crippen molar-refractivity contribution in [3.8, 4) is 0 Å². The smallest absolute Gasteiger partial charge is 0 e. The van der Waals surface area contributed by atoms with Crippen LogP contribution in [0.2, 0.25) is 0 Å². The summed E-state index contributed by atoms with van der Waals surface area (Å²) >= 11 is 0. The van der Waals surface area contributed by atoms with E-state index in [1.807, 2.05) is 0 Å². The molecule has 0 aromatic heterocycles. The molecule has 0 aliphatic heterocycles. The van der Waals surface area contributed by atoms with Gasteiger partial charge in [0.2, 0.25) is 0 Å². The molecule has 0 fully saturated rings. The maximum atomic E-state index is 0. The van der Waals surface area contributed by atoms with Crippen molar-refractivity contribution in [1.29, 1.82) is 0 Å². The van der Waals surface area contributed by atoms with Gasteiger partial charge in [0.15, 0.2) is 0 Å². The molecule has 0 unspecified atom stereocenters. The summed E-state index contributed by atoms with van der Waals surface area (Å²) in [4.78, 5) is 0. The Kier molecular flexibility index (Phi) is 533. The number of hydrogen-bond donors (Lipinski definition) is 0. The van der Waals surface area contributed by atoms with E-state index in [2.05, 4.69) is 0 Å². The largest absolute Gasteiger partial charge is 0.412 e. The summed E-state index contributed by atoms with van der Waals surface area (Å²) < 4.78 is 0. The van der Waals surface area contributed by atoms with E-state index in [0.29, 0.717) is 0 Å². The maximum absolute atomic E-state index is 0. The molecule has 0 atom stereocenters. The van der Waals surface area contributed by atoms with Crippen molar-refractivity contribution in [2.75, 3.05) is 0 Å². The zero-order chi connectivity index (χ0) is 0. The average Bonchev–Trinajstić information content (AvgIpc) is 0. The van der Waals surface area contributed by atoms with E-state index in [1.165, 1.54) is 0 Å². The third-order valence-corrected chi connectivity index (χ3v) is 0. The summed E-state index contributed by atoms with van der Waals surface area (Å²) in [6.07, 6.45) is 0. The van der Waals surface area contributed by atoms with E-state index < -0.39 is 0 Å². The fraction of sp³-hybridized carbons (Fsp3) is 0. The minimum Gasteiger partial charge on any atom is -0.412 e. The van der Waals surface area contributed by atoms with E-state index in [9.17, 15) is 0 Å². The third-order valence-electron chi connectivity index (χ3n) is 0. The Morgan fingerprint density at radius 3 is 0.500 bits per heavy atom. The Morgan fingerprint density at radius 1 is 0.500 bits per heavy atom. The number of rotatable bonds is 0. The molecule has 0 spiro atoms. The van der Waals surface area contributed by atoms with Crippen LogP contribution in [0.5, 0.6) is 0 Å². The van der Waals surface area contributed by atoms with Crippen molar-refractivity contribution in [1.82, 2.24) is 0 Å². The molecule has 0 aromatic rings. The SMILES string of the molecule is O.O.O.[Ca]. The molecular formula is H6CaO3.